The molecule has 218 valence electrons. The molecule has 0 spiro atoms. The van der Waals surface area contributed by atoms with E-state index in [0.717, 1.165) is 98.9 Å². The summed E-state index contributed by atoms with van der Waals surface area (Å²) in [4.78, 5) is 14.5. The zero-order chi connectivity index (χ0) is 30.9. The average molecular weight is 600 g/mol. The van der Waals surface area contributed by atoms with E-state index in [1.54, 1.807) is 0 Å². The van der Waals surface area contributed by atoms with Crippen molar-refractivity contribution in [3.8, 4) is 33.5 Å². The summed E-state index contributed by atoms with van der Waals surface area (Å²) in [5.41, 5.74) is 11.3. The van der Waals surface area contributed by atoms with Crippen LogP contribution < -0.4 is 0 Å². The maximum absolute atomic E-state index is 6.49. The van der Waals surface area contributed by atoms with Crippen molar-refractivity contribution in [2.45, 2.75) is 0 Å². The van der Waals surface area contributed by atoms with Crippen molar-refractivity contribution in [2.75, 3.05) is 0 Å². The SMILES string of the molecule is c1cnc2c(c1)ccc1c(-c3ccc(-c4ccc(-c5nc6ccccc6c6c5ccc5c7ccccc7oc56)cc4)cc3)ccnc12. The Bertz CT molecular complexity index is 2830. The van der Waals surface area contributed by atoms with Crippen LogP contribution in [0.1, 0.15) is 0 Å². The summed E-state index contributed by atoms with van der Waals surface area (Å²) < 4.78 is 6.49. The second kappa shape index (κ2) is 10.1. The van der Waals surface area contributed by atoms with Crippen LogP contribution in [-0.4, -0.2) is 15.0 Å². The number of aromatic nitrogens is 3. The van der Waals surface area contributed by atoms with Gasteiger partial charge in [0.15, 0.2) is 0 Å². The molecule has 10 rings (SSSR count). The highest BCUT2D eigenvalue weighted by atomic mass is 16.3. The van der Waals surface area contributed by atoms with Gasteiger partial charge in [0.1, 0.15) is 11.2 Å². The van der Waals surface area contributed by atoms with Crippen LogP contribution in [0.4, 0.5) is 0 Å². The van der Waals surface area contributed by atoms with Crippen molar-refractivity contribution in [1.82, 2.24) is 15.0 Å². The highest BCUT2D eigenvalue weighted by Crippen LogP contribution is 2.41. The van der Waals surface area contributed by atoms with E-state index in [9.17, 15) is 0 Å². The van der Waals surface area contributed by atoms with Crippen LogP contribution in [0, 0.1) is 0 Å². The molecule has 0 N–H and O–H groups in total. The Morgan fingerprint density at radius 3 is 1.96 bits per heavy atom. The van der Waals surface area contributed by atoms with Crippen LogP contribution in [0.2, 0.25) is 0 Å². The number of hydrogen-bond acceptors (Lipinski definition) is 4. The molecule has 0 saturated heterocycles. The molecule has 4 aromatic heterocycles. The predicted molar refractivity (Wildman–Crippen MR) is 193 cm³/mol. The molecule has 0 bridgehead atoms. The maximum atomic E-state index is 6.49. The molecule has 0 fully saturated rings. The number of furan rings is 1. The van der Waals surface area contributed by atoms with Gasteiger partial charge >= 0.3 is 0 Å². The van der Waals surface area contributed by atoms with Crippen LogP contribution in [-0.2, 0) is 0 Å². The lowest BCUT2D eigenvalue weighted by molar-refractivity contribution is 0.673. The van der Waals surface area contributed by atoms with Gasteiger partial charge in [-0.05, 0) is 52.6 Å². The second-order valence-corrected chi connectivity index (χ2v) is 12.0. The normalized spacial score (nSPS) is 11.8. The molecule has 0 saturated carbocycles. The molecule has 0 aliphatic heterocycles. The molecule has 6 aromatic carbocycles. The first kappa shape index (κ1) is 25.9. The monoisotopic (exact) mass is 599 g/mol. The van der Waals surface area contributed by atoms with Gasteiger partial charge < -0.3 is 4.42 Å². The van der Waals surface area contributed by atoms with E-state index in [1.165, 1.54) is 0 Å². The fourth-order valence-electron chi connectivity index (χ4n) is 7.11. The van der Waals surface area contributed by atoms with Gasteiger partial charge in [-0.15, -0.1) is 0 Å². The summed E-state index contributed by atoms with van der Waals surface area (Å²) in [6.45, 7) is 0. The number of benzene rings is 6. The minimum atomic E-state index is 0.899. The molecule has 10 aromatic rings. The molecule has 47 heavy (non-hydrogen) atoms. The zero-order valence-corrected chi connectivity index (χ0v) is 25.2. The summed E-state index contributed by atoms with van der Waals surface area (Å²) in [6, 6.07) is 48.9. The van der Waals surface area contributed by atoms with Crippen molar-refractivity contribution >= 4 is 65.4 Å². The molecule has 0 atom stereocenters. The van der Waals surface area contributed by atoms with Crippen LogP contribution in [0.5, 0.6) is 0 Å². The van der Waals surface area contributed by atoms with E-state index >= 15 is 0 Å². The molecule has 0 unspecified atom stereocenters. The number of fused-ring (bicyclic) bond motifs is 10. The molecule has 0 aliphatic carbocycles. The third kappa shape index (κ3) is 3.98. The van der Waals surface area contributed by atoms with Crippen LogP contribution in [0.3, 0.4) is 0 Å². The standard InChI is InChI=1S/C43H25N3O/c1-3-9-37-35(8-1)39-36(22-21-34-32-7-2-4-10-38(32)47-43(34)39)40(46-37)30-17-13-27(14-18-30)26-11-15-28(16-12-26)31-23-25-45-42-33(31)20-19-29-6-5-24-44-41(29)42/h1-25H. The van der Waals surface area contributed by atoms with E-state index in [1.807, 2.05) is 36.7 Å². The Labute approximate surface area is 269 Å². The summed E-state index contributed by atoms with van der Waals surface area (Å²) in [6.07, 6.45) is 3.70. The van der Waals surface area contributed by atoms with Crippen LogP contribution in [0.15, 0.2) is 156 Å². The average Bonchev–Trinajstić information content (AvgIpc) is 3.53. The maximum Gasteiger partial charge on any atom is 0.144 e. The van der Waals surface area contributed by atoms with Gasteiger partial charge in [-0.1, -0.05) is 109 Å². The molecular weight excluding hydrogens is 574 g/mol. The lowest BCUT2D eigenvalue weighted by Gasteiger charge is -2.12. The van der Waals surface area contributed by atoms with Crippen molar-refractivity contribution in [3.05, 3.63) is 152 Å². The van der Waals surface area contributed by atoms with E-state index < -0.39 is 0 Å². The van der Waals surface area contributed by atoms with Crippen molar-refractivity contribution in [3.63, 3.8) is 0 Å². The summed E-state index contributed by atoms with van der Waals surface area (Å²) >= 11 is 0. The largest absolute Gasteiger partial charge is 0.455 e. The lowest BCUT2D eigenvalue weighted by atomic mass is 9.95. The van der Waals surface area contributed by atoms with Gasteiger partial charge in [0.25, 0.3) is 0 Å². The molecule has 4 heteroatoms. The fourth-order valence-corrected chi connectivity index (χ4v) is 7.11. The molecule has 4 heterocycles. The Balaban J connectivity index is 1.05. The van der Waals surface area contributed by atoms with E-state index in [-0.39, 0.29) is 0 Å². The quantitative estimate of drug-likeness (QED) is 0.190. The summed E-state index contributed by atoms with van der Waals surface area (Å²) in [7, 11) is 0. The van der Waals surface area contributed by atoms with Crippen molar-refractivity contribution in [1.29, 1.82) is 0 Å². The second-order valence-electron chi connectivity index (χ2n) is 12.0. The van der Waals surface area contributed by atoms with E-state index in [4.69, 9.17) is 9.40 Å². The minimum Gasteiger partial charge on any atom is -0.455 e. The Morgan fingerprint density at radius 2 is 1.11 bits per heavy atom. The topological polar surface area (TPSA) is 51.8 Å². The summed E-state index contributed by atoms with van der Waals surface area (Å²) in [5.74, 6) is 0. The number of rotatable bonds is 3. The van der Waals surface area contributed by atoms with E-state index in [2.05, 4.69) is 125 Å². The Hall–Kier alpha value is -6.39. The van der Waals surface area contributed by atoms with Gasteiger partial charge in [0, 0.05) is 55.7 Å². The third-order valence-electron chi connectivity index (χ3n) is 9.38. The highest BCUT2D eigenvalue weighted by Gasteiger charge is 2.17. The highest BCUT2D eigenvalue weighted by molar-refractivity contribution is 6.24. The Morgan fingerprint density at radius 1 is 0.426 bits per heavy atom. The predicted octanol–water partition coefficient (Wildman–Crippen LogP) is 11.4. The number of pyridine rings is 3. The van der Waals surface area contributed by atoms with Crippen molar-refractivity contribution in [2.24, 2.45) is 0 Å². The number of nitrogens with zero attached hydrogens (tertiary/aromatic N) is 3. The smallest absolute Gasteiger partial charge is 0.144 e. The van der Waals surface area contributed by atoms with Gasteiger partial charge in [-0.25, -0.2) is 4.98 Å². The first-order valence-electron chi connectivity index (χ1n) is 15.8. The van der Waals surface area contributed by atoms with Gasteiger partial charge in [-0.3, -0.25) is 9.97 Å². The Kier molecular flexibility index (Phi) is 5.54. The van der Waals surface area contributed by atoms with Gasteiger partial charge in [0.05, 0.1) is 22.2 Å². The first-order valence-corrected chi connectivity index (χ1v) is 15.8. The van der Waals surface area contributed by atoms with Gasteiger partial charge in [-0.2, -0.15) is 0 Å². The van der Waals surface area contributed by atoms with Crippen LogP contribution >= 0.6 is 0 Å². The van der Waals surface area contributed by atoms with E-state index in [0.29, 0.717) is 0 Å². The lowest BCUT2D eigenvalue weighted by Crippen LogP contribution is -1.90. The molecule has 0 radical (unpaired) electrons. The molecule has 4 nitrogen and oxygen atoms in total. The fraction of sp³-hybridized carbons (Fsp3) is 0. The minimum absolute atomic E-state index is 0.899. The zero-order valence-electron chi connectivity index (χ0n) is 25.2. The van der Waals surface area contributed by atoms with Crippen molar-refractivity contribution < 1.29 is 4.42 Å². The van der Waals surface area contributed by atoms with Gasteiger partial charge in [0.2, 0.25) is 0 Å². The molecule has 0 aliphatic rings. The molecule has 0 amide bonds. The number of para-hydroxylation sites is 2. The third-order valence-corrected chi connectivity index (χ3v) is 9.38. The number of hydrogen-bond donors (Lipinski definition) is 0. The van der Waals surface area contributed by atoms with Crippen LogP contribution in [0.25, 0.3) is 98.9 Å². The first-order chi connectivity index (χ1) is 23.3. The summed E-state index contributed by atoms with van der Waals surface area (Å²) in [5, 5.41) is 7.73. The molecular formula is C43H25N3O.